The molecule has 0 radical (unpaired) electrons. The van der Waals surface area contributed by atoms with Gasteiger partial charge in [-0.05, 0) is 30.0 Å². The minimum Gasteiger partial charge on any atom is -0.351 e. The van der Waals surface area contributed by atoms with E-state index in [1.807, 2.05) is 48.7 Å². The maximum Gasteiger partial charge on any atom is 0.241 e. The summed E-state index contributed by atoms with van der Waals surface area (Å²) in [6, 6.07) is 15.1. The number of carbonyl (C=O) groups is 1. The van der Waals surface area contributed by atoms with Crippen LogP contribution < -0.4 is 11.1 Å². The van der Waals surface area contributed by atoms with Gasteiger partial charge in [0.05, 0.1) is 5.69 Å². The Morgan fingerprint density at radius 1 is 1.28 bits per heavy atom. The summed E-state index contributed by atoms with van der Waals surface area (Å²) in [6.45, 7) is 4.94. The number of nitrogens with zero attached hydrogens (tertiary/aromatic N) is 2. The summed E-state index contributed by atoms with van der Waals surface area (Å²) < 4.78 is 0. The average molecular weight is 338 g/mol. The maximum atomic E-state index is 12.5. The Kier molecular flexibility index (Phi) is 5.79. The molecule has 3 rings (SSSR count). The molecule has 132 valence electrons. The standard InChI is InChI=1S/C20H26N4O/c1-15-13-24(14-17-9-5-6-11-22-17)12-10-18(15)23-20(25)19(21)16-7-3-2-4-8-16/h2-9,11,15,18-19H,10,12-14,21H2,1H3,(H,23,25)/t15-,18+,19+/m1/s1. The SMILES string of the molecule is C[C@@H]1CN(Cc2ccccn2)CC[C@@H]1NC(=O)[C@@H](N)c1ccccc1. The molecular formula is C20H26N4O. The first-order chi connectivity index (χ1) is 12.1. The predicted molar refractivity (Wildman–Crippen MR) is 98.6 cm³/mol. The number of piperidine rings is 1. The largest absolute Gasteiger partial charge is 0.351 e. The molecular weight excluding hydrogens is 312 g/mol. The van der Waals surface area contributed by atoms with Gasteiger partial charge < -0.3 is 11.1 Å². The lowest BCUT2D eigenvalue weighted by Gasteiger charge is -2.37. The first-order valence-electron chi connectivity index (χ1n) is 8.86. The first kappa shape index (κ1) is 17.6. The third-order valence-corrected chi connectivity index (χ3v) is 4.87. The zero-order valence-corrected chi connectivity index (χ0v) is 14.6. The molecule has 0 spiro atoms. The second-order valence-electron chi connectivity index (χ2n) is 6.83. The van der Waals surface area contributed by atoms with Gasteiger partial charge in [0.15, 0.2) is 0 Å². The molecule has 1 amide bonds. The molecule has 5 nitrogen and oxygen atoms in total. The van der Waals surface area contributed by atoms with Crippen molar-refractivity contribution in [1.29, 1.82) is 0 Å². The summed E-state index contributed by atoms with van der Waals surface area (Å²) in [5.41, 5.74) is 8.03. The van der Waals surface area contributed by atoms with Gasteiger partial charge in [-0.2, -0.15) is 0 Å². The summed E-state index contributed by atoms with van der Waals surface area (Å²) >= 11 is 0. The third kappa shape index (κ3) is 4.65. The van der Waals surface area contributed by atoms with Crippen LogP contribution in [-0.4, -0.2) is 34.9 Å². The Bertz CT molecular complexity index is 677. The molecule has 0 bridgehead atoms. The van der Waals surface area contributed by atoms with Gasteiger partial charge in [0, 0.05) is 31.9 Å². The van der Waals surface area contributed by atoms with Crippen LogP contribution >= 0.6 is 0 Å². The predicted octanol–water partition coefficient (Wildman–Crippen LogP) is 2.11. The van der Waals surface area contributed by atoms with Crippen LogP contribution in [0.5, 0.6) is 0 Å². The second kappa shape index (κ2) is 8.23. The summed E-state index contributed by atoms with van der Waals surface area (Å²) in [6.07, 6.45) is 2.76. The molecule has 1 aliphatic rings. The van der Waals surface area contributed by atoms with Crippen molar-refractivity contribution in [3.8, 4) is 0 Å². The lowest BCUT2D eigenvalue weighted by molar-refractivity contribution is -0.124. The van der Waals surface area contributed by atoms with Crippen molar-refractivity contribution in [2.75, 3.05) is 13.1 Å². The minimum atomic E-state index is -0.611. The van der Waals surface area contributed by atoms with Gasteiger partial charge >= 0.3 is 0 Å². The number of aromatic nitrogens is 1. The van der Waals surface area contributed by atoms with Crippen molar-refractivity contribution in [3.05, 3.63) is 66.0 Å². The zero-order valence-electron chi connectivity index (χ0n) is 14.6. The van der Waals surface area contributed by atoms with E-state index in [-0.39, 0.29) is 11.9 Å². The topological polar surface area (TPSA) is 71.2 Å². The van der Waals surface area contributed by atoms with E-state index in [2.05, 4.69) is 28.2 Å². The Balaban J connectivity index is 1.52. The van der Waals surface area contributed by atoms with Crippen LogP contribution in [-0.2, 0) is 11.3 Å². The summed E-state index contributed by atoms with van der Waals surface area (Å²) in [4.78, 5) is 19.3. The highest BCUT2D eigenvalue weighted by Gasteiger charge is 2.29. The fourth-order valence-electron chi connectivity index (χ4n) is 3.40. The number of pyridine rings is 1. The molecule has 25 heavy (non-hydrogen) atoms. The van der Waals surface area contributed by atoms with Crippen LogP contribution in [0, 0.1) is 5.92 Å². The van der Waals surface area contributed by atoms with Crippen molar-refractivity contribution in [1.82, 2.24) is 15.2 Å². The Hall–Kier alpha value is -2.24. The molecule has 0 saturated carbocycles. The van der Waals surface area contributed by atoms with Crippen molar-refractivity contribution >= 4 is 5.91 Å². The molecule has 0 unspecified atom stereocenters. The number of hydrogen-bond donors (Lipinski definition) is 2. The smallest absolute Gasteiger partial charge is 0.241 e. The number of rotatable bonds is 5. The zero-order chi connectivity index (χ0) is 17.6. The van der Waals surface area contributed by atoms with Crippen LogP contribution in [0.25, 0.3) is 0 Å². The summed E-state index contributed by atoms with van der Waals surface area (Å²) in [5.74, 6) is 0.283. The fraction of sp³-hybridized carbons (Fsp3) is 0.400. The molecule has 1 fully saturated rings. The van der Waals surface area contributed by atoms with Crippen molar-refractivity contribution in [2.45, 2.75) is 32.0 Å². The highest BCUT2D eigenvalue weighted by molar-refractivity contribution is 5.83. The summed E-state index contributed by atoms with van der Waals surface area (Å²) in [5, 5.41) is 3.15. The Morgan fingerprint density at radius 3 is 2.72 bits per heavy atom. The minimum absolute atomic E-state index is 0.0961. The lowest BCUT2D eigenvalue weighted by atomic mass is 9.93. The molecule has 1 saturated heterocycles. The average Bonchev–Trinajstić information content (AvgIpc) is 2.65. The highest BCUT2D eigenvalue weighted by atomic mass is 16.2. The van der Waals surface area contributed by atoms with Crippen LogP contribution in [0.3, 0.4) is 0 Å². The van der Waals surface area contributed by atoms with Crippen LogP contribution in [0.15, 0.2) is 54.7 Å². The van der Waals surface area contributed by atoms with E-state index in [1.165, 1.54) is 0 Å². The maximum absolute atomic E-state index is 12.5. The molecule has 2 aromatic rings. The van der Waals surface area contributed by atoms with Gasteiger partial charge in [0.2, 0.25) is 5.91 Å². The Labute approximate surface area is 149 Å². The molecule has 1 aliphatic heterocycles. The van der Waals surface area contributed by atoms with Crippen molar-refractivity contribution in [3.63, 3.8) is 0 Å². The van der Waals surface area contributed by atoms with E-state index in [0.717, 1.165) is 37.3 Å². The number of likely N-dealkylation sites (tertiary alicyclic amines) is 1. The number of carbonyl (C=O) groups excluding carboxylic acids is 1. The van der Waals surface area contributed by atoms with E-state index in [1.54, 1.807) is 0 Å². The van der Waals surface area contributed by atoms with E-state index in [9.17, 15) is 4.79 Å². The Morgan fingerprint density at radius 2 is 2.04 bits per heavy atom. The van der Waals surface area contributed by atoms with E-state index in [4.69, 9.17) is 5.73 Å². The van der Waals surface area contributed by atoms with E-state index < -0.39 is 6.04 Å². The van der Waals surface area contributed by atoms with Gasteiger partial charge in [-0.3, -0.25) is 14.7 Å². The quantitative estimate of drug-likeness (QED) is 0.876. The summed E-state index contributed by atoms with van der Waals surface area (Å²) in [7, 11) is 0. The first-order valence-corrected chi connectivity index (χ1v) is 8.86. The molecule has 1 aromatic carbocycles. The monoisotopic (exact) mass is 338 g/mol. The third-order valence-electron chi connectivity index (χ3n) is 4.87. The number of benzene rings is 1. The lowest BCUT2D eigenvalue weighted by Crippen LogP contribution is -2.51. The van der Waals surface area contributed by atoms with Crippen LogP contribution in [0.4, 0.5) is 0 Å². The number of nitrogens with two attached hydrogens (primary N) is 1. The van der Waals surface area contributed by atoms with Gasteiger partial charge in [-0.1, -0.05) is 43.3 Å². The number of hydrogen-bond acceptors (Lipinski definition) is 4. The van der Waals surface area contributed by atoms with Crippen LogP contribution in [0.1, 0.15) is 30.6 Å². The molecule has 3 N–H and O–H groups in total. The van der Waals surface area contributed by atoms with Gasteiger partial charge in [-0.15, -0.1) is 0 Å². The van der Waals surface area contributed by atoms with Crippen molar-refractivity contribution < 1.29 is 4.79 Å². The van der Waals surface area contributed by atoms with E-state index in [0.29, 0.717) is 5.92 Å². The normalized spacial score (nSPS) is 22.3. The molecule has 1 aromatic heterocycles. The van der Waals surface area contributed by atoms with Gasteiger partial charge in [0.1, 0.15) is 6.04 Å². The number of amides is 1. The van der Waals surface area contributed by atoms with Gasteiger partial charge in [-0.25, -0.2) is 0 Å². The van der Waals surface area contributed by atoms with Gasteiger partial charge in [0.25, 0.3) is 0 Å². The molecule has 5 heteroatoms. The molecule has 3 atom stereocenters. The number of nitrogens with one attached hydrogen (secondary N) is 1. The van der Waals surface area contributed by atoms with E-state index >= 15 is 0 Å². The second-order valence-corrected chi connectivity index (χ2v) is 6.83. The molecule has 0 aliphatic carbocycles. The van der Waals surface area contributed by atoms with Crippen LogP contribution in [0.2, 0.25) is 0 Å². The fourth-order valence-corrected chi connectivity index (χ4v) is 3.40. The molecule has 2 heterocycles. The highest BCUT2D eigenvalue weighted by Crippen LogP contribution is 2.19. The van der Waals surface area contributed by atoms with Crippen molar-refractivity contribution in [2.24, 2.45) is 11.7 Å².